The lowest BCUT2D eigenvalue weighted by atomic mass is 9.33. The Bertz CT molecular complexity index is 2400. The summed E-state index contributed by atoms with van der Waals surface area (Å²) < 4.78 is 0. The first-order chi connectivity index (χ1) is 25.7. The Morgan fingerprint density at radius 1 is 0.442 bits per heavy atom. The largest absolute Gasteiger partial charge is 0.311 e. The third kappa shape index (κ3) is 5.18. The maximum atomic E-state index is 2.57. The third-order valence-electron chi connectivity index (χ3n) is 11.7. The summed E-state index contributed by atoms with van der Waals surface area (Å²) in [5.74, 6) is 0.575. The zero-order valence-electron chi connectivity index (χ0n) is 29.7. The molecule has 0 amide bonds. The fourth-order valence-electron chi connectivity index (χ4n) is 9.18. The SMILES string of the molecule is Cc1ccc2c(c1)N(c1ccccc1)c1cc(C3CCCCC3)cc3c1B2c1cc(-c2ccc(-c4ccccc4)cc2)ccc1N3c1ccccc1. The van der Waals surface area contributed by atoms with Gasteiger partial charge >= 0.3 is 0 Å². The van der Waals surface area contributed by atoms with Gasteiger partial charge in [-0.25, -0.2) is 0 Å². The van der Waals surface area contributed by atoms with Crippen molar-refractivity contribution >= 4 is 57.2 Å². The normalized spacial score (nSPS) is 14.8. The van der Waals surface area contributed by atoms with E-state index < -0.39 is 0 Å². The van der Waals surface area contributed by atoms with E-state index in [4.69, 9.17) is 0 Å². The van der Waals surface area contributed by atoms with E-state index in [0.717, 1.165) is 0 Å². The lowest BCUT2D eigenvalue weighted by Gasteiger charge is -2.45. The fourth-order valence-corrected chi connectivity index (χ4v) is 9.18. The van der Waals surface area contributed by atoms with Gasteiger partial charge < -0.3 is 9.80 Å². The topological polar surface area (TPSA) is 6.48 Å². The van der Waals surface area contributed by atoms with Gasteiger partial charge in [-0.1, -0.05) is 135 Å². The van der Waals surface area contributed by atoms with Crippen molar-refractivity contribution < 1.29 is 0 Å². The molecule has 0 N–H and O–H groups in total. The van der Waals surface area contributed by atoms with Crippen molar-refractivity contribution in [3.05, 3.63) is 175 Å². The maximum Gasteiger partial charge on any atom is 0.252 e. The molecule has 7 aromatic carbocycles. The molecule has 0 aromatic heterocycles. The summed E-state index contributed by atoms with van der Waals surface area (Å²) in [7, 11) is 0. The number of anilines is 6. The number of rotatable bonds is 5. The van der Waals surface area contributed by atoms with E-state index in [9.17, 15) is 0 Å². The van der Waals surface area contributed by atoms with Crippen LogP contribution in [-0.2, 0) is 0 Å². The van der Waals surface area contributed by atoms with Crippen molar-refractivity contribution in [1.29, 1.82) is 0 Å². The van der Waals surface area contributed by atoms with Gasteiger partial charge in [0.15, 0.2) is 0 Å². The van der Waals surface area contributed by atoms with Crippen molar-refractivity contribution in [2.75, 3.05) is 9.80 Å². The van der Waals surface area contributed by atoms with Crippen molar-refractivity contribution in [3.63, 3.8) is 0 Å². The number of hydrogen-bond acceptors (Lipinski definition) is 2. The molecule has 0 bridgehead atoms. The first kappa shape index (κ1) is 31.0. The minimum Gasteiger partial charge on any atom is -0.311 e. The number of para-hydroxylation sites is 2. The summed E-state index contributed by atoms with van der Waals surface area (Å²) >= 11 is 0. The van der Waals surface area contributed by atoms with E-state index in [0.29, 0.717) is 5.92 Å². The Kier molecular flexibility index (Phi) is 7.60. The first-order valence-electron chi connectivity index (χ1n) is 19.0. The summed E-state index contributed by atoms with van der Waals surface area (Å²) in [5.41, 5.74) is 19.4. The molecule has 1 fully saturated rings. The van der Waals surface area contributed by atoms with Crippen LogP contribution in [0.1, 0.15) is 49.1 Å². The van der Waals surface area contributed by atoms with Crippen LogP contribution in [0.25, 0.3) is 22.3 Å². The first-order valence-corrected chi connectivity index (χ1v) is 19.0. The molecular formula is C49H41BN2. The van der Waals surface area contributed by atoms with Gasteiger partial charge in [-0.2, -0.15) is 0 Å². The Morgan fingerprint density at radius 3 is 1.62 bits per heavy atom. The molecule has 52 heavy (non-hydrogen) atoms. The highest BCUT2D eigenvalue weighted by Gasteiger charge is 2.44. The molecule has 10 rings (SSSR count). The van der Waals surface area contributed by atoms with Crippen LogP contribution in [0.15, 0.2) is 164 Å². The Balaban J connectivity index is 1.23. The highest BCUT2D eigenvalue weighted by atomic mass is 15.2. The van der Waals surface area contributed by atoms with E-state index in [1.807, 2.05) is 0 Å². The van der Waals surface area contributed by atoms with Crippen molar-refractivity contribution in [3.8, 4) is 22.3 Å². The Morgan fingerprint density at radius 2 is 0.981 bits per heavy atom. The molecule has 3 heteroatoms. The minimum atomic E-state index is 0.0967. The molecule has 2 heterocycles. The molecule has 1 saturated carbocycles. The summed E-state index contributed by atoms with van der Waals surface area (Å²) in [6.07, 6.45) is 6.49. The molecular weight excluding hydrogens is 627 g/mol. The van der Waals surface area contributed by atoms with Crippen molar-refractivity contribution in [2.24, 2.45) is 0 Å². The molecule has 1 aliphatic carbocycles. The van der Waals surface area contributed by atoms with Crippen LogP contribution in [0.2, 0.25) is 0 Å². The van der Waals surface area contributed by atoms with Crippen molar-refractivity contribution in [2.45, 2.75) is 44.9 Å². The minimum absolute atomic E-state index is 0.0967. The van der Waals surface area contributed by atoms with Crippen LogP contribution in [0.4, 0.5) is 34.1 Å². The van der Waals surface area contributed by atoms with Crippen LogP contribution in [0, 0.1) is 6.92 Å². The predicted molar refractivity (Wildman–Crippen MR) is 222 cm³/mol. The van der Waals surface area contributed by atoms with Crippen LogP contribution in [0.5, 0.6) is 0 Å². The zero-order chi connectivity index (χ0) is 34.6. The average Bonchev–Trinajstić information content (AvgIpc) is 3.21. The maximum absolute atomic E-state index is 2.57. The van der Waals surface area contributed by atoms with Gasteiger partial charge in [0, 0.05) is 34.1 Å². The van der Waals surface area contributed by atoms with Gasteiger partial charge in [-0.15, -0.1) is 0 Å². The summed E-state index contributed by atoms with van der Waals surface area (Å²) in [6.45, 7) is 2.32. The van der Waals surface area contributed by atoms with Gasteiger partial charge in [0.25, 0.3) is 6.71 Å². The molecule has 2 aliphatic heterocycles. The standard InChI is InChI=1S/C49H41BN2/c1-34-22-28-43-46(30-34)52(42-20-12-5-13-21-42)48-33-40(36-16-8-3-9-17-36)32-47-49(48)50(43)44-31-39(27-29-45(44)51(47)41-18-10-4-11-19-41)38-25-23-37(24-26-38)35-14-6-2-7-15-35/h2,4-7,10-15,18-33,36H,3,8-9,16-17H2,1H3. The van der Waals surface area contributed by atoms with Crippen LogP contribution in [0.3, 0.4) is 0 Å². The molecule has 7 aromatic rings. The summed E-state index contributed by atoms with van der Waals surface area (Å²) in [6, 6.07) is 61.3. The molecule has 0 atom stereocenters. The molecule has 0 saturated heterocycles. The average molecular weight is 669 g/mol. The molecule has 2 nitrogen and oxygen atoms in total. The molecule has 0 spiro atoms. The second-order valence-electron chi connectivity index (χ2n) is 14.9. The Labute approximate surface area is 308 Å². The van der Waals surface area contributed by atoms with Crippen LogP contribution < -0.4 is 26.2 Å². The van der Waals surface area contributed by atoms with E-state index in [1.165, 1.54) is 116 Å². The van der Waals surface area contributed by atoms with E-state index in [-0.39, 0.29) is 6.71 Å². The quantitative estimate of drug-likeness (QED) is 0.168. The van der Waals surface area contributed by atoms with Crippen LogP contribution in [-0.4, -0.2) is 6.71 Å². The second kappa shape index (κ2) is 12.8. The molecule has 0 radical (unpaired) electrons. The van der Waals surface area contributed by atoms with Gasteiger partial charge in [-0.05, 0) is 124 Å². The lowest BCUT2D eigenvalue weighted by molar-refractivity contribution is 0.444. The predicted octanol–water partition coefficient (Wildman–Crippen LogP) is 11.5. The molecule has 3 aliphatic rings. The van der Waals surface area contributed by atoms with Crippen molar-refractivity contribution in [1.82, 2.24) is 0 Å². The van der Waals surface area contributed by atoms with Gasteiger partial charge in [-0.3, -0.25) is 0 Å². The van der Waals surface area contributed by atoms with E-state index >= 15 is 0 Å². The van der Waals surface area contributed by atoms with E-state index in [2.05, 4.69) is 181 Å². The smallest absolute Gasteiger partial charge is 0.252 e. The number of aryl methyl sites for hydroxylation is 1. The monoisotopic (exact) mass is 668 g/mol. The summed E-state index contributed by atoms with van der Waals surface area (Å²) in [5, 5.41) is 0. The number of fused-ring (bicyclic) bond motifs is 4. The van der Waals surface area contributed by atoms with Gasteiger partial charge in [0.1, 0.15) is 0 Å². The number of benzene rings is 7. The fraction of sp³-hybridized carbons (Fsp3) is 0.143. The summed E-state index contributed by atoms with van der Waals surface area (Å²) in [4.78, 5) is 5.12. The van der Waals surface area contributed by atoms with Crippen LogP contribution >= 0.6 is 0 Å². The highest BCUT2D eigenvalue weighted by molar-refractivity contribution is 7.00. The third-order valence-corrected chi connectivity index (χ3v) is 11.7. The lowest BCUT2D eigenvalue weighted by Crippen LogP contribution is -2.61. The molecule has 0 unspecified atom stereocenters. The Hall–Kier alpha value is -5.80. The number of hydrogen-bond donors (Lipinski definition) is 0. The molecule has 250 valence electrons. The second-order valence-corrected chi connectivity index (χ2v) is 14.9. The van der Waals surface area contributed by atoms with Gasteiger partial charge in [0.05, 0.1) is 0 Å². The van der Waals surface area contributed by atoms with Gasteiger partial charge in [0.2, 0.25) is 0 Å². The van der Waals surface area contributed by atoms with E-state index in [1.54, 1.807) is 0 Å². The highest BCUT2D eigenvalue weighted by Crippen LogP contribution is 2.47. The zero-order valence-corrected chi connectivity index (χ0v) is 29.7. The number of nitrogens with zero attached hydrogens (tertiary/aromatic N) is 2.